The molecule has 16 heavy (non-hydrogen) atoms. The Balaban J connectivity index is 2.62. The van der Waals surface area contributed by atoms with Gasteiger partial charge in [-0.05, 0) is 22.4 Å². The molecule has 0 saturated heterocycles. The standard InChI is InChI=1S/C12H16BrN3/c1-4-5-6-7-14-11-8-10(13)15-12(16-11)9(2)3/h1,8-9H,5-7H2,2-3H3,(H,14,15,16). The first-order chi connectivity index (χ1) is 7.63. The van der Waals surface area contributed by atoms with Crippen LogP contribution in [0.25, 0.3) is 0 Å². The molecule has 4 heteroatoms. The third kappa shape index (κ3) is 4.19. The van der Waals surface area contributed by atoms with Crippen LogP contribution in [0.4, 0.5) is 5.82 Å². The summed E-state index contributed by atoms with van der Waals surface area (Å²) in [5, 5.41) is 3.24. The fourth-order valence-electron chi connectivity index (χ4n) is 1.19. The van der Waals surface area contributed by atoms with E-state index in [9.17, 15) is 0 Å². The molecule has 0 aliphatic rings. The van der Waals surface area contributed by atoms with Gasteiger partial charge in [0, 0.05) is 24.9 Å². The van der Waals surface area contributed by atoms with Crippen molar-refractivity contribution in [3.63, 3.8) is 0 Å². The van der Waals surface area contributed by atoms with Gasteiger partial charge in [0.05, 0.1) is 0 Å². The number of terminal acetylenes is 1. The Kier molecular flexibility index (Phi) is 5.27. The quantitative estimate of drug-likeness (QED) is 0.512. The Hall–Kier alpha value is -1.08. The summed E-state index contributed by atoms with van der Waals surface area (Å²) in [6.07, 6.45) is 6.93. The molecular formula is C12H16BrN3. The number of hydrogen-bond acceptors (Lipinski definition) is 3. The van der Waals surface area contributed by atoms with E-state index in [2.05, 4.69) is 51.0 Å². The zero-order chi connectivity index (χ0) is 12.0. The fraction of sp³-hybridized carbons (Fsp3) is 0.500. The second kappa shape index (κ2) is 6.49. The van der Waals surface area contributed by atoms with Gasteiger partial charge in [0.25, 0.3) is 0 Å². The van der Waals surface area contributed by atoms with Crippen LogP contribution in [0.2, 0.25) is 0 Å². The molecule has 1 rings (SSSR count). The summed E-state index contributed by atoms with van der Waals surface area (Å²) in [6.45, 7) is 4.99. The molecule has 86 valence electrons. The number of hydrogen-bond donors (Lipinski definition) is 1. The van der Waals surface area contributed by atoms with E-state index in [1.165, 1.54) is 0 Å². The van der Waals surface area contributed by atoms with Crippen molar-refractivity contribution >= 4 is 21.7 Å². The van der Waals surface area contributed by atoms with Crippen molar-refractivity contribution in [3.8, 4) is 12.3 Å². The number of nitrogens with zero attached hydrogens (tertiary/aromatic N) is 2. The van der Waals surface area contributed by atoms with Crippen molar-refractivity contribution < 1.29 is 0 Å². The summed E-state index contributed by atoms with van der Waals surface area (Å²) in [4.78, 5) is 8.74. The molecule has 0 aliphatic heterocycles. The van der Waals surface area contributed by atoms with E-state index in [1.54, 1.807) is 0 Å². The van der Waals surface area contributed by atoms with Crippen LogP contribution in [0.3, 0.4) is 0 Å². The number of rotatable bonds is 5. The molecule has 0 aromatic carbocycles. The molecule has 3 nitrogen and oxygen atoms in total. The van der Waals surface area contributed by atoms with E-state index in [0.717, 1.165) is 35.6 Å². The first-order valence-electron chi connectivity index (χ1n) is 5.35. The lowest BCUT2D eigenvalue weighted by Crippen LogP contribution is -2.06. The Morgan fingerprint density at radius 3 is 2.88 bits per heavy atom. The van der Waals surface area contributed by atoms with Crippen molar-refractivity contribution in [1.29, 1.82) is 0 Å². The highest BCUT2D eigenvalue weighted by atomic mass is 79.9. The van der Waals surface area contributed by atoms with Gasteiger partial charge in [-0.2, -0.15) is 0 Å². The SMILES string of the molecule is C#CCCCNc1cc(Br)nc(C(C)C)n1. The van der Waals surface area contributed by atoms with Crippen LogP contribution in [0, 0.1) is 12.3 Å². The highest BCUT2D eigenvalue weighted by Gasteiger charge is 2.06. The third-order valence-electron chi connectivity index (χ3n) is 2.03. The first kappa shape index (κ1) is 13.0. The number of aromatic nitrogens is 2. The van der Waals surface area contributed by atoms with Crippen LogP contribution in [-0.4, -0.2) is 16.5 Å². The molecule has 0 spiro atoms. The van der Waals surface area contributed by atoms with E-state index >= 15 is 0 Å². The van der Waals surface area contributed by atoms with E-state index in [4.69, 9.17) is 6.42 Å². The van der Waals surface area contributed by atoms with E-state index in [0.29, 0.717) is 5.92 Å². The molecule has 0 atom stereocenters. The highest BCUT2D eigenvalue weighted by molar-refractivity contribution is 9.10. The van der Waals surface area contributed by atoms with Crippen LogP contribution in [0.15, 0.2) is 10.7 Å². The minimum Gasteiger partial charge on any atom is -0.370 e. The van der Waals surface area contributed by atoms with E-state index in [1.807, 2.05) is 6.07 Å². The van der Waals surface area contributed by atoms with Gasteiger partial charge in [-0.3, -0.25) is 0 Å². The summed E-state index contributed by atoms with van der Waals surface area (Å²) in [6, 6.07) is 1.88. The highest BCUT2D eigenvalue weighted by Crippen LogP contribution is 2.17. The molecule has 1 N–H and O–H groups in total. The van der Waals surface area contributed by atoms with Gasteiger partial charge in [-0.1, -0.05) is 13.8 Å². The zero-order valence-corrected chi connectivity index (χ0v) is 11.2. The van der Waals surface area contributed by atoms with Crippen LogP contribution in [-0.2, 0) is 0 Å². The molecule has 0 unspecified atom stereocenters. The molecule has 0 radical (unpaired) electrons. The minimum absolute atomic E-state index is 0.323. The van der Waals surface area contributed by atoms with Crippen molar-refractivity contribution in [2.24, 2.45) is 0 Å². The number of nitrogens with one attached hydrogen (secondary N) is 1. The van der Waals surface area contributed by atoms with Crippen LogP contribution < -0.4 is 5.32 Å². The maximum atomic E-state index is 5.19. The molecule has 1 aromatic heterocycles. The minimum atomic E-state index is 0.323. The van der Waals surface area contributed by atoms with E-state index in [-0.39, 0.29) is 0 Å². The maximum Gasteiger partial charge on any atom is 0.134 e. The maximum absolute atomic E-state index is 5.19. The van der Waals surface area contributed by atoms with Crippen molar-refractivity contribution in [2.45, 2.75) is 32.6 Å². The lowest BCUT2D eigenvalue weighted by atomic mass is 10.2. The summed E-state index contributed by atoms with van der Waals surface area (Å²) < 4.78 is 0.811. The smallest absolute Gasteiger partial charge is 0.134 e. The zero-order valence-electron chi connectivity index (χ0n) is 9.63. The van der Waals surface area contributed by atoms with Gasteiger partial charge >= 0.3 is 0 Å². The lowest BCUT2D eigenvalue weighted by Gasteiger charge is -2.09. The van der Waals surface area contributed by atoms with Crippen LogP contribution in [0.1, 0.15) is 38.4 Å². The van der Waals surface area contributed by atoms with Gasteiger partial charge < -0.3 is 5.32 Å². The molecular weight excluding hydrogens is 266 g/mol. The first-order valence-corrected chi connectivity index (χ1v) is 6.14. The van der Waals surface area contributed by atoms with Gasteiger partial charge in [-0.15, -0.1) is 12.3 Å². The Bertz CT molecular complexity index is 382. The summed E-state index contributed by atoms with van der Waals surface area (Å²) in [5.74, 6) is 4.63. The predicted molar refractivity (Wildman–Crippen MR) is 70.4 cm³/mol. The van der Waals surface area contributed by atoms with Crippen molar-refractivity contribution in [3.05, 3.63) is 16.5 Å². The van der Waals surface area contributed by atoms with Gasteiger partial charge in [0.15, 0.2) is 0 Å². The second-order valence-corrected chi connectivity index (χ2v) is 4.64. The third-order valence-corrected chi connectivity index (χ3v) is 2.44. The Morgan fingerprint density at radius 1 is 1.50 bits per heavy atom. The van der Waals surface area contributed by atoms with Crippen molar-refractivity contribution in [1.82, 2.24) is 9.97 Å². The number of unbranched alkanes of at least 4 members (excludes halogenated alkanes) is 1. The topological polar surface area (TPSA) is 37.8 Å². The average Bonchev–Trinajstić information content (AvgIpc) is 2.23. The number of halogens is 1. The van der Waals surface area contributed by atoms with Crippen LogP contribution in [0.5, 0.6) is 0 Å². The molecule has 0 amide bonds. The Labute approximate surface area is 105 Å². The summed E-state index contributed by atoms with van der Waals surface area (Å²) >= 11 is 3.38. The fourth-order valence-corrected chi connectivity index (χ4v) is 1.59. The van der Waals surface area contributed by atoms with Gasteiger partial charge in [-0.25, -0.2) is 9.97 Å². The average molecular weight is 282 g/mol. The van der Waals surface area contributed by atoms with E-state index < -0.39 is 0 Å². The van der Waals surface area contributed by atoms with Gasteiger partial charge in [0.2, 0.25) is 0 Å². The lowest BCUT2D eigenvalue weighted by molar-refractivity contribution is 0.768. The number of anilines is 1. The van der Waals surface area contributed by atoms with Crippen LogP contribution >= 0.6 is 15.9 Å². The monoisotopic (exact) mass is 281 g/mol. The molecule has 0 bridgehead atoms. The molecule has 0 fully saturated rings. The normalized spacial score (nSPS) is 10.2. The van der Waals surface area contributed by atoms with Crippen molar-refractivity contribution in [2.75, 3.05) is 11.9 Å². The summed E-state index contributed by atoms with van der Waals surface area (Å²) in [7, 11) is 0. The molecule has 0 saturated carbocycles. The molecule has 0 aliphatic carbocycles. The predicted octanol–water partition coefficient (Wildman–Crippen LogP) is 3.19. The molecule has 1 heterocycles. The molecule has 1 aromatic rings. The Morgan fingerprint density at radius 2 is 2.25 bits per heavy atom. The second-order valence-electron chi connectivity index (χ2n) is 3.82. The summed E-state index contributed by atoms with van der Waals surface area (Å²) in [5.41, 5.74) is 0. The largest absolute Gasteiger partial charge is 0.370 e. The van der Waals surface area contributed by atoms with Gasteiger partial charge in [0.1, 0.15) is 16.2 Å².